The molecule has 3 heteroatoms. The Bertz CT molecular complexity index is 565. The Kier molecular flexibility index (Phi) is 4.31. The molecule has 130 valence electrons. The van der Waals surface area contributed by atoms with Crippen molar-refractivity contribution in [3.8, 4) is 0 Å². The normalized spacial score (nSPS) is 27.5. The molecule has 0 saturated heterocycles. The summed E-state index contributed by atoms with van der Waals surface area (Å²) in [6, 6.07) is 0. The highest BCUT2D eigenvalue weighted by molar-refractivity contribution is 7.99. The third kappa shape index (κ3) is 2.93. The van der Waals surface area contributed by atoms with Crippen molar-refractivity contribution in [2.75, 3.05) is 23.0 Å². The van der Waals surface area contributed by atoms with Gasteiger partial charge in [0.05, 0.1) is 0 Å². The molecule has 2 aliphatic heterocycles. The molecule has 3 heterocycles. The average molecular weight is 369 g/mol. The van der Waals surface area contributed by atoms with Crippen LogP contribution in [0.2, 0.25) is 0 Å². The van der Waals surface area contributed by atoms with E-state index >= 15 is 0 Å². The zero-order valence-corrected chi connectivity index (χ0v) is 18.5. The molecule has 23 heavy (non-hydrogen) atoms. The molecule has 0 bridgehead atoms. The molecule has 0 atom stereocenters. The Labute approximate surface area is 155 Å². The van der Waals surface area contributed by atoms with Crippen molar-refractivity contribution in [1.29, 1.82) is 0 Å². The summed E-state index contributed by atoms with van der Waals surface area (Å²) in [4.78, 5) is 3.37. The monoisotopic (exact) mass is 368 g/mol. The van der Waals surface area contributed by atoms with Crippen LogP contribution in [0, 0.1) is 0 Å². The lowest BCUT2D eigenvalue weighted by molar-refractivity contribution is 0.519. The maximum absolute atomic E-state index is 2.48. The lowest BCUT2D eigenvalue weighted by Crippen LogP contribution is -2.30. The van der Waals surface area contributed by atoms with Crippen molar-refractivity contribution in [3.05, 3.63) is 20.9 Å². The van der Waals surface area contributed by atoms with E-state index in [0.717, 1.165) is 0 Å². The Hall–Kier alpha value is 0.400. The SMILES string of the molecule is CC1(C)CSCC(C)(C)c2c1sc1c2C(C)(C)CSCC1(C)C. The van der Waals surface area contributed by atoms with Crippen molar-refractivity contribution in [2.45, 2.75) is 77.0 Å². The van der Waals surface area contributed by atoms with Gasteiger partial charge in [-0.15, -0.1) is 11.3 Å². The van der Waals surface area contributed by atoms with E-state index < -0.39 is 0 Å². The van der Waals surface area contributed by atoms with Gasteiger partial charge in [-0.3, -0.25) is 0 Å². The van der Waals surface area contributed by atoms with Crippen LogP contribution >= 0.6 is 34.9 Å². The summed E-state index contributed by atoms with van der Waals surface area (Å²) in [6.07, 6.45) is 0. The van der Waals surface area contributed by atoms with Gasteiger partial charge in [-0.2, -0.15) is 23.5 Å². The fraction of sp³-hybridized carbons (Fsp3) is 0.800. The summed E-state index contributed by atoms with van der Waals surface area (Å²) in [6.45, 7) is 19.8. The highest BCUT2D eigenvalue weighted by Gasteiger charge is 2.46. The molecule has 0 aromatic carbocycles. The molecule has 2 aliphatic rings. The van der Waals surface area contributed by atoms with Crippen LogP contribution in [0.3, 0.4) is 0 Å². The number of thiophene rings is 1. The Morgan fingerprint density at radius 1 is 0.522 bits per heavy atom. The van der Waals surface area contributed by atoms with Gasteiger partial charge in [0.2, 0.25) is 0 Å². The Balaban J connectivity index is 2.38. The number of thioether (sulfide) groups is 2. The smallest absolute Gasteiger partial charge is 0.0154 e. The first-order chi connectivity index (χ1) is 10.4. The zero-order valence-electron chi connectivity index (χ0n) is 16.1. The molecule has 1 aromatic heterocycles. The number of fused-ring (bicyclic) bond motifs is 3. The van der Waals surface area contributed by atoms with E-state index in [1.807, 2.05) is 0 Å². The van der Waals surface area contributed by atoms with Crippen molar-refractivity contribution in [3.63, 3.8) is 0 Å². The van der Waals surface area contributed by atoms with Gasteiger partial charge in [-0.1, -0.05) is 55.4 Å². The molecule has 1 aromatic rings. The average Bonchev–Trinajstić information content (AvgIpc) is 2.73. The quantitative estimate of drug-likeness (QED) is 0.523. The fourth-order valence-corrected chi connectivity index (χ4v) is 8.94. The van der Waals surface area contributed by atoms with E-state index in [1.165, 1.54) is 23.0 Å². The molecule has 0 radical (unpaired) electrons. The van der Waals surface area contributed by atoms with Crippen LogP contribution in [0.5, 0.6) is 0 Å². The zero-order chi connectivity index (χ0) is 17.3. The van der Waals surface area contributed by atoms with Crippen LogP contribution in [-0.2, 0) is 21.7 Å². The molecule has 3 rings (SSSR count). The second kappa shape index (κ2) is 5.45. The van der Waals surface area contributed by atoms with Crippen molar-refractivity contribution < 1.29 is 0 Å². The third-order valence-corrected chi connectivity index (χ3v) is 11.0. The minimum atomic E-state index is 0.278. The van der Waals surface area contributed by atoms with Crippen molar-refractivity contribution >= 4 is 34.9 Å². The van der Waals surface area contributed by atoms with E-state index in [1.54, 1.807) is 20.9 Å². The number of hydrogen-bond acceptors (Lipinski definition) is 3. The van der Waals surface area contributed by atoms with Gasteiger partial charge in [0, 0.05) is 54.4 Å². The molecule has 0 saturated carbocycles. The van der Waals surface area contributed by atoms with Crippen LogP contribution in [0.15, 0.2) is 0 Å². The predicted octanol–water partition coefficient (Wildman–Crippen LogP) is 6.35. The largest absolute Gasteiger partial charge is 0.160 e. The molecular formula is C20H32S3. The molecule has 0 spiro atoms. The Morgan fingerprint density at radius 3 is 1.17 bits per heavy atom. The first kappa shape index (κ1) is 18.2. The molecule has 0 N–H and O–H groups in total. The van der Waals surface area contributed by atoms with Gasteiger partial charge >= 0.3 is 0 Å². The molecule has 0 aliphatic carbocycles. The summed E-state index contributed by atoms with van der Waals surface area (Å²) in [7, 11) is 0. The first-order valence-corrected chi connectivity index (χ1v) is 11.9. The summed E-state index contributed by atoms with van der Waals surface area (Å²) in [5.41, 5.74) is 4.58. The standard InChI is InChI=1S/C20H32S3/c1-17(2)9-21-11-19(5,6)15-13(17)14-16(23-15)20(7,8)12-22-10-18(14,3)4/h9-12H2,1-8H3. The molecule has 0 unspecified atom stereocenters. The lowest BCUT2D eigenvalue weighted by atomic mass is 9.70. The molecule has 0 fully saturated rings. The van der Waals surface area contributed by atoms with Crippen LogP contribution < -0.4 is 0 Å². The predicted molar refractivity (Wildman–Crippen MR) is 111 cm³/mol. The van der Waals surface area contributed by atoms with Crippen LogP contribution in [0.1, 0.15) is 76.3 Å². The van der Waals surface area contributed by atoms with Crippen molar-refractivity contribution in [2.24, 2.45) is 0 Å². The van der Waals surface area contributed by atoms with E-state index in [-0.39, 0.29) is 10.8 Å². The van der Waals surface area contributed by atoms with Crippen LogP contribution in [-0.4, -0.2) is 23.0 Å². The maximum Gasteiger partial charge on any atom is 0.0154 e. The van der Waals surface area contributed by atoms with Crippen LogP contribution in [0.4, 0.5) is 0 Å². The highest BCUT2D eigenvalue weighted by Crippen LogP contribution is 2.56. The van der Waals surface area contributed by atoms with Gasteiger partial charge in [0.15, 0.2) is 0 Å². The maximum atomic E-state index is 2.48. The van der Waals surface area contributed by atoms with Gasteiger partial charge in [-0.25, -0.2) is 0 Å². The van der Waals surface area contributed by atoms with E-state index in [2.05, 4.69) is 90.3 Å². The second-order valence-electron chi connectivity index (χ2n) is 10.0. The van der Waals surface area contributed by atoms with Gasteiger partial charge in [-0.05, 0) is 11.1 Å². The first-order valence-electron chi connectivity index (χ1n) is 8.73. The van der Waals surface area contributed by atoms with Crippen LogP contribution in [0.25, 0.3) is 0 Å². The van der Waals surface area contributed by atoms with Gasteiger partial charge in [0.1, 0.15) is 0 Å². The molecular weight excluding hydrogens is 336 g/mol. The van der Waals surface area contributed by atoms with Crippen molar-refractivity contribution in [1.82, 2.24) is 0 Å². The van der Waals surface area contributed by atoms with E-state index in [0.29, 0.717) is 10.8 Å². The second-order valence-corrected chi connectivity index (χ2v) is 13.0. The van der Waals surface area contributed by atoms with E-state index in [9.17, 15) is 0 Å². The molecule has 0 amide bonds. The minimum Gasteiger partial charge on any atom is -0.160 e. The van der Waals surface area contributed by atoms with E-state index in [4.69, 9.17) is 0 Å². The summed E-state index contributed by atoms with van der Waals surface area (Å²) in [5.74, 6) is 4.99. The number of hydrogen-bond donors (Lipinski definition) is 0. The summed E-state index contributed by atoms with van der Waals surface area (Å²) in [5, 5.41) is 0. The fourth-order valence-electron chi connectivity index (χ4n) is 4.07. The lowest BCUT2D eigenvalue weighted by Gasteiger charge is -2.33. The summed E-state index contributed by atoms with van der Waals surface area (Å²) < 4.78 is 0. The third-order valence-electron chi connectivity index (χ3n) is 5.34. The summed E-state index contributed by atoms with van der Waals surface area (Å²) >= 11 is 6.45. The minimum absolute atomic E-state index is 0.278. The molecule has 0 nitrogen and oxygen atoms in total. The van der Waals surface area contributed by atoms with Gasteiger partial charge in [0.25, 0.3) is 0 Å². The van der Waals surface area contributed by atoms with Gasteiger partial charge < -0.3 is 0 Å². The number of rotatable bonds is 0. The topological polar surface area (TPSA) is 0 Å². The Morgan fingerprint density at radius 2 is 0.826 bits per heavy atom. The highest BCUT2D eigenvalue weighted by atomic mass is 32.2.